The number of primary amides is 1. The number of carbonyl (C=O) groups excluding carboxylic acids is 2. The molecule has 0 heterocycles. The maximum atomic E-state index is 13.3. The minimum absolute atomic E-state index is 0.0317. The average Bonchev–Trinajstić information content (AvgIpc) is 2.62. The molecule has 0 radical (unpaired) electrons. The van der Waals surface area contributed by atoms with Gasteiger partial charge in [0.1, 0.15) is 11.7 Å². The molecule has 0 aliphatic rings. The van der Waals surface area contributed by atoms with E-state index in [-0.39, 0.29) is 10.9 Å². The molecule has 0 bridgehead atoms. The Labute approximate surface area is 163 Å². The van der Waals surface area contributed by atoms with Gasteiger partial charge in [0.25, 0.3) is 0 Å². The fourth-order valence-corrected chi connectivity index (χ4v) is 2.83. The normalized spacial score (nSPS) is 12.1. The van der Waals surface area contributed by atoms with Crippen molar-refractivity contribution in [2.45, 2.75) is 5.92 Å². The molecule has 0 aromatic heterocycles. The van der Waals surface area contributed by atoms with Crippen molar-refractivity contribution in [3.05, 3.63) is 58.9 Å². The third kappa shape index (κ3) is 5.28. The number of nitrogens with two attached hydrogens (primary N) is 1. The van der Waals surface area contributed by atoms with E-state index < -0.39 is 17.6 Å². The summed E-state index contributed by atoms with van der Waals surface area (Å²) in [5.41, 5.74) is 7.53. The molecule has 0 aliphatic heterocycles. The SMILES string of the molecule is CN(C)CCN(C)C(=O)C(C(N)=O)c1ccc(-c2ccc(F)c(Cl)c2)cc1. The Hall–Kier alpha value is -2.44. The van der Waals surface area contributed by atoms with E-state index in [4.69, 9.17) is 17.3 Å². The second-order valence-electron chi connectivity index (χ2n) is 6.65. The number of amides is 2. The fourth-order valence-electron chi connectivity index (χ4n) is 2.65. The topological polar surface area (TPSA) is 66.6 Å². The van der Waals surface area contributed by atoms with Crippen LogP contribution in [0.1, 0.15) is 11.5 Å². The van der Waals surface area contributed by atoms with E-state index in [1.54, 1.807) is 37.4 Å². The lowest BCUT2D eigenvalue weighted by molar-refractivity contribution is -0.136. The Kier molecular flexibility index (Phi) is 6.93. The van der Waals surface area contributed by atoms with Gasteiger partial charge in [0, 0.05) is 20.1 Å². The first-order valence-electron chi connectivity index (χ1n) is 8.45. The van der Waals surface area contributed by atoms with Crippen molar-refractivity contribution in [2.24, 2.45) is 5.73 Å². The predicted molar refractivity (Wildman–Crippen MR) is 105 cm³/mol. The number of carbonyl (C=O) groups is 2. The summed E-state index contributed by atoms with van der Waals surface area (Å²) in [6.45, 7) is 1.17. The molecule has 0 saturated carbocycles. The number of likely N-dealkylation sites (N-methyl/N-ethyl adjacent to an activating group) is 2. The van der Waals surface area contributed by atoms with E-state index in [9.17, 15) is 14.0 Å². The maximum Gasteiger partial charge on any atom is 0.239 e. The van der Waals surface area contributed by atoms with Crippen LogP contribution in [0.15, 0.2) is 42.5 Å². The minimum Gasteiger partial charge on any atom is -0.369 e. The van der Waals surface area contributed by atoms with Gasteiger partial charge in [0.05, 0.1) is 5.02 Å². The monoisotopic (exact) mass is 391 g/mol. The molecule has 0 spiro atoms. The van der Waals surface area contributed by atoms with E-state index in [2.05, 4.69) is 0 Å². The Morgan fingerprint density at radius 1 is 1.04 bits per heavy atom. The van der Waals surface area contributed by atoms with Gasteiger partial charge in [-0.15, -0.1) is 0 Å². The summed E-state index contributed by atoms with van der Waals surface area (Å²) in [6.07, 6.45) is 0. The minimum atomic E-state index is -1.05. The molecular formula is C20H23ClFN3O2. The highest BCUT2D eigenvalue weighted by molar-refractivity contribution is 6.31. The molecule has 144 valence electrons. The molecule has 2 N–H and O–H groups in total. The summed E-state index contributed by atoms with van der Waals surface area (Å²) in [5, 5.41) is 0.0317. The van der Waals surface area contributed by atoms with Gasteiger partial charge >= 0.3 is 0 Å². The first kappa shape index (κ1) is 20.9. The van der Waals surface area contributed by atoms with Gasteiger partial charge in [-0.25, -0.2) is 4.39 Å². The molecule has 1 unspecified atom stereocenters. The van der Waals surface area contributed by atoms with E-state index in [1.165, 1.54) is 17.0 Å². The van der Waals surface area contributed by atoms with E-state index >= 15 is 0 Å². The van der Waals surface area contributed by atoms with Gasteiger partial charge in [0.2, 0.25) is 11.8 Å². The Bertz CT molecular complexity index is 824. The third-order valence-electron chi connectivity index (χ3n) is 4.29. The summed E-state index contributed by atoms with van der Waals surface area (Å²) < 4.78 is 13.3. The van der Waals surface area contributed by atoms with Gasteiger partial charge in [0.15, 0.2) is 0 Å². The second-order valence-corrected chi connectivity index (χ2v) is 7.06. The average molecular weight is 392 g/mol. The number of nitrogens with zero attached hydrogens (tertiary/aromatic N) is 2. The zero-order valence-corrected chi connectivity index (χ0v) is 16.3. The number of hydrogen-bond donors (Lipinski definition) is 1. The smallest absolute Gasteiger partial charge is 0.239 e. The molecule has 2 rings (SSSR count). The van der Waals surface area contributed by atoms with Crippen LogP contribution in [-0.4, -0.2) is 55.8 Å². The molecule has 2 amide bonds. The first-order chi connectivity index (χ1) is 12.7. The van der Waals surface area contributed by atoms with Crippen molar-refractivity contribution in [1.29, 1.82) is 0 Å². The number of halogens is 2. The summed E-state index contributed by atoms with van der Waals surface area (Å²) >= 11 is 5.83. The molecule has 0 aliphatic carbocycles. The van der Waals surface area contributed by atoms with Crippen LogP contribution in [-0.2, 0) is 9.59 Å². The maximum absolute atomic E-state index is 13.3. The fraction of sp³-hybridized carbons (Fsp3) is 0.300. The Morgan fingerprint density at radius 2 is 1.63 bits per heavy atom. The van der Waals surface area contributed by atoms with Gasteiger partial charge in [-0.3, -0.25) is 9.59 Å². The van der Waals surface area contributed by atoms with Crippen LogP contribution in [0.5, 0.6) is 0 Å². The number of hydrogen-bond acceptors (Lipinski definition) is 3. The lowest BCUT2D eigenvalue weighted by Crippen LogP contribution is -2.41. The van der Waals surface area contributed by atoms with Gasteiger partial charge in [-0.2, -0.15) is 0 Å². The van der Waals surface area contributed by atoms with Crippen LogP contribution in [0.2, 0.25) is 5.02 Å². The van der Waals surface area contributed by atoms with Crippen molar-refractivity contribution >= 4 is 23.4 Å². The summed E-state index contributed by atoms with van der Waals surface area (Å²) in [5.74, 6) is -2.59. The molecular weight excluding hydrogens is 369 g/mol. The van der Waals surface area contributed by atoms with Crippen LogP contribution in [0.25, 0.3) is 11.1 Å². The van der Waals surface area contributed by atoms with Crippen LogP contribution in [0, 0.1) is 5.82 Å². The van der Waals surface area contributed by atoms with Gasteiger partial charge in [-0.1, -0.05) is 41.9 Å². The lowest BCUT2D eigenvalue weighted by Gasteiger charge is -2.24. The molecule has 2 aromatic rings. The zero-order chi connectivity index (χ0) is 20.1. The van der Waals surface area contributed by atoms with Crippen molar-refractivity contribution < 1.29 is 14.0 Å². The Morgan fingerprint density at radius 3 is 2.15 bits per heavy atom. The van der Waals surface area contributed by atoms with E-state index in [1.807, 2.05) is 19.0 Å². The van der Waals surface area contributed by atoms with Crippen LogP contribution < -0.4 is 5.73 Å². The quantitative estimate of drug-likeness (QED) is 0.738. The van der Waals surface area contributed by atoms with E-state index in [0.717, 1.165) is 11.1 Å². The van der Waals surface area contributed by atoms with Crippen LogP contribution in [0.3, 0.4) is 0 Å². The standard InChI is InChI=1S/C20H23ClFN3O2/c1-24(2)10-11-25(3)20(27)18(19(23)26)14-6-4-13(5-7-14)15-8-9-17(22)16(21)12-15/h4-9,12,18H,10-11H2,1-3H3,(H2,23,26). The molecule has 5 nitrogen and oxygen atoms in total. The lowest BCUT2D eigenvalue weighted by atomic mass is 9.94. The van der Waals surface area contributed by atoms with E-state index in [0.29, 0.717) is 18.7 Å². The van der Waals surface area contributed by atoms with Crippen LogP contribution in [0.4, 0.5) is 4.39 Å². The number of rotatable bonds is 7. The molecule has 7 heteroatoms. The van der Waals surface area contributed by atoms with Crippen LogP contribution >= 0.6 is 11.6 Å². The van der Waals surface area contributed by atoms with Crippen molar-refractivity contribution in [2.75, 3.05) is 34.2 Å². The Balaban J connectivity index is 2.24. The van der Waals surface area contributed by atoms with Gasteiger partial charge < -0.3 is 15.5 Å². The second kappa shape index (κ2) is 8.97. The molecule has 0 fully saturated rings. The highest BCUT2D eigenvalue weighted by atomic mass is 35.5. The molecule has 1 atom stereocenters. The van der Waals surface area contributed by atoms with Crippen molar-refractivity contribution in [3.63, 3.8) is 0 Å². The molecule has 0 saturated heterocycles. The largest absolute Gasteiger partial charge is 0.369 e. The molecule has 2 aromatic carbocycles. The first-order valence-corrected chi connectivity index (χ1v) is 8.83. The zero-order valence-electron chi connectivity index (χ0n) is 15.6. The summed E-state index contributed by atoms with van der Waals surface area (Å²) in [7, 11) is 5.46. The number of benzene rings is 2. The predicted octanol–water partition coefficient (Wildman–Crippen LogP) is 2.74. The third-order valence-corrected chi connectivity index (χ3v) is 4.58. The van der Waals surface area contributed by atoms with Gasteiger partial charge in [-0.05, 0) is 42.9 Å². The highest BCUT2D eigenvalue weighted by Gasteiger charge is 2.29. The summed E-state index contributed by atoms with van der Waals surface area (Å²) in [4.78, 5) is 28.1. The summed E-state index contributed by atoms with van der Waals surface area (Å²) in [6, 6.07) is 11.3. The van der Waals surface area contributed by atoms with Crippen molar-refractivity contribution in [1.82, 2.24) is 9.80 Å². The van der Waals surface area contributed by atoms with Crippen molar-refractivity contribution in [3.8, 4) is 11.1 Å². The highest BCUT2D eigenvalue weighted by Crippen LogP contribution is 2.27. The molecule has 27 heavy (non-hydrogen) atoms.